The van der Waals surface area contributed by atoms with Crippen molar-refractivity contribution in [2.75, 3.05) is 5.32 Å². The first-order valence-corrected chi connectivity index (χ1v) is 6.37. The molecule has 0 unspecified atom stereocenters. The van der Waals surface area contributed by atoms with Crippen LogP contribution in [0.1, 0.15) is 21.8 Å². The van der Waals surface area contributed by atoms with E-state index in [1.165, 1.54) is 0 Å². The monoisotopic (exact) mass is 266 g/mol. The maximum Gasteiger partial charge on any atom is 0.292 e. The second-order valence-electron chi connectivity index (χ2n) is 4.77. The Hall–Kier alpha value is -2.62. The summed E-state index contributed by atoms with van der Waals surface area (Å²) in [6.07, 6.45) is 0. The summed E-state index contributed by atoms with van der Waals surface area (Å²) in [5.74, 6) is 0.527. The fourth-order valence-electron chi connectivity index (χ4n) is 2.18. The summed E-state index contributed by atoms with van der Waals surface area (Å²) in [5, 5.41) is 3.67. The highest BCUT2D eigenvalue weighted by Crippen LogP contribution is 2.19. The molecule has 2 aromatic heterocycles. The van der Waals surface area contributed by atoms with E-state index in [2.05, 4.69) is 10.3 Å². The van der Waals surface area contributed by atoms with Crippen molar-refractivity contribution in [3.8, 4) is 0 Å². The van der Waals surface area contributed by atoms with Crippen LogP contribution in [0.2, 0.25) is 0 Å². The van der Waals surface area contributed by atoms with Crippen LogP contribution in [0.25, 0.3) is 11.0 Å². The van der Waals surface area contributed by atoms with E-state index in [-0.39, 0.29) is 11.7 Å². The molecule has 1 aromatic carbocycles. The zero-order chi connectivity index (χ0) is 14.1. The number of hydrogen-bond acceptors (Lipinski definition) is 3. The molecule has 0 saturated heterocycles. The Bertz CT molecular complexity index is 737. The summed E-state index contributed by atoms with van der Waals surface area (Å²) < 4.78 is 5.52. The molecule has 0 radical (unpaired) electrons. The number of rotatable bonds is 2. The van der Waals surface area contributed by atoms with E-state index < -0.39 is 0 Å². The molecular weight excluding hydrogens is 252 g/mol. The molecule has 2 heterocycles. The first-order chi connectivity index (χ1) is 9.61. The van der Waals surface area contributed by atoms with E-state index in [1.807, 2.05) is 50.2 Å². The van der Waals surface area contributed by atoms with Crippen LogP contribution in [0.5, 0.6) is 0 Å². The molecule has 0 saturated carbocycles. The minimum Gasteiger partial charge on any atom is -0.451 e. The second-order valence-corrected chi connectivity index (χ2v) is 4.77. The van der Waals surface area contributed by atoms with Crippen molar-refractivity contribution in [1.82, 2.24) is 4.98 Å². The van der Waals surface area contributed by atoms with Gasteiger partial charge in [-0.1, -0.05) is 18.2 Å². The number of para-hydroxylation sites is 1. The van der Waals surface area contributed by atoms with Gasteiger partial charge in [-0.15, -0.1) is 0 Å². The predicted octanol–water partition coefficient (Wildman–Crippen LogP) is 3.70. The quantitative estimate of drug-likeness (QED) is 0.769. The average Bonchev–Trinajstić information content (AvgIpc) is 2.81. The van der Waals surface area contributed by atoms with Crippen molar-refractivity contribution in [3.05, 3.63) is 59.5 Å². The Labute approximate surface area is 116 Å². The Morgan fingerprint density at radius 2 is 1.95 bits per heavy atom. The van der Waals surface area contributed by atoms with Crippen molar-refractivity contribution >= 4 is 22.7 Å². The molecule has 0 aliphatic heterocycles. The Morgan fingerprint density at radius 3 is 2.70 bits per heavy atom. The number of nitrogens with one attached hydrogen (secondary N) is 1. The van der Waals surface area contributed by atoms with Crippen molar-refractivity contribution in [1.29, 1.82) is 0 Å². The first-order valence-electron chi connectivity index (χ1n) is 6.37. The van der Waals surface area contributed by atoms with Gasteiger partial charge in [0.25, 0.3) is 5.91 Å². The lowest BCUT2D eigenvalue weighted by molar-refractivity contribution is 0.0998. The average molecular weight is 266 g/mol. The van der Waals surface area contributed by atoms with Crippen LogP contribution in [-0.2, 0) is 0 Å². The molecule has 3 rings (SSSR count). The van der Waals surface area contributed by atoms with E-state index >= 15 is 0 Å². The van der Waals surface area contributed by atoms with Gasteiger partial charge in [0.2, 0.25) is 0 Å². The molecule has 0 atom stereocenters. The summed E-state index contributed by atoms with van der Waals surface area (Å²) in [4.78, 5) is 16.4. The molecule has 3 aromatic rings. The van der Waals surface area contributed by atoms with Crippen LogP contribution < -0.4 is 5.32 Å². The number of furan rings is 1. The highest BCUT2D eigenvalue weighted by atomic mass is 16.3. The standard InChI is InChI=1S/C16H14N2O2/c1-10-7-11(2)17-15(8-10)18-16(19)14-9-12-5-3-4-6-13(12)20-14/h3-9H,1-2H3,(H,17,18,19). The number of carbonyl (C=O) groups excluding carboxylic acids is 1. The fourth-order valence-corrected chi connectivity index (χ4v) is 2.18. The van der Waals surface area contributed by atoms with Gasteiger partial charge in [-0.05, 0) is 43.7 Å². The van der Waals surface area contributed by atoms with Gasteiger partial charge in [-0.25, -0.2) is 4.98 Å². The summed E-state index contributed by atoms with van der Waals surface area (Å²) >= 11 is 0. The first kappa shape index (κ1) is 12.4. The summed E-state index contributed by atoms with van der Waals surface area (Å²) in [7, 11) is 0. The summed E-state index contributed by atoms with van der Waals surface area (Å²) in [6.45, 7) is 3.86. The Morgan fingerprint density at radius 1 is 1.15 bits per heavy atom. The highest BCUT2D eigenvalue weighted by molar-refractivity contribution is 6.04. The topological polar surface area (TPSA) is 55.1 Å². The van der Waals surface area contributed by atoms with E-state index in [4.69, 9.17) is 4.42 Å². The third kappa shape index (κ3) is 2.40. The molecular formula is C16H14N2O2. The normalized spacial score (nSPS) is 10.7. The van der Waals surface area contributed by atoms with Crippen molar-refractivity contribution in [2.45, 2.75) is 13.8 Å². The lowest BCUT2D eigenvalue weighted by atomic mass is 10.2. The SMILES string of the molecule is Cc1cc(C)nc(NC(=O)c2cc3ccccc3o2)c1. The van der Waals surface area contributed by atoms with Gasteiger partial charge in [0, 0.05) is 11.1 Å². The molecule has 0 spiro atoms. The zero-order valence-electron chi connectivity index (χ0n) is 11.3. The van der Waals surface area contributed by atoms with Gasteiger partial charge >= 0.3 is 0 Å². The summed E-state index contributed by atoms with van der Waals surface area (Å²) in [6, 6.07) is 13.0. The Kier molecular flexibility index (Phi) is 2.99. The third-order valence-electron chi connectivity index (χ3n) is 2.99. The maximum atomic E-state index is 12.2. The highest BCUT2D eigenvalue weighted by Gasteiger charge is 2.13. The fraction of sp³-hybridized carbons (Fsp3) is 0.125. The van der Waals surface area contributed by atoms with Crippen LogP contribution in [0.15, 0.2) is 46.9 Å². The lowest BCUT2D eigenvalue weighted by Gasteiger charge is -2.04. The molecule has 0 bridgehead atoms. The number of amides is 1. The molecule has 1 N–H and O–H groups in total. The number of aryl methyl sites for hydroxylation is 2. The van der Waals surface area contributed by atoms with Gasteiger partial charge in [0.1, 0.15) is 11.4 Å². The minimum atomic E-state index is -0.293. The number of hydrogen-bond donors (Lipinski definition) is 1. The van der Waals surface area contributed by atoms with Gasteiger partial charge in [0.05, 0.1) is 0 Å². The summed E-state index contributed by atoms with van der Waals surface area (Å²) in [5.41, 5.74) is 2.62. The van der Waals surface area contributed by atoms with Crippen molar-refractivity contribution in [3.63, 3.8) is 0 Å². The lowest BCUT2D eigenvalue weighted by Crippen LogP contribution is -2.12. The molecule has 1 amide bonds. The molecule has 100 valence electrons. The van der Waals surface area contributed by atoms with Gasteiger partial charge in [-0.3, -0.25) is 4.79 Å². The number of fused-ring (bicyclic) bond motifs is 1. The van der Waals surface area contributed by atoms with Crippen LogP contribution in [0.3, 0.4) is 0 Å². The minimum absolute atomic E-state index is 0.284. The van der Waals surface area contributed by atoms with E-state index in [0.29, 0.717) is 11.4 Å². The smallest absolute Gasteiger partial charge is 0.292 e. The molecule has 4 nitrogen and oxygen atoms in total. The van der Waals surface area contributed by atoms with Crippen LogP contribution in [0, 0.1) is 13.8 Å². The molecule has 20 heavy (non-hydrogen) atoms. The van der Waals surface area contributed by atoms with E-state index in [1.54, 1.807) is 6.07 Å². The van der Waals surface area contributed by atoms with E-state index in [0.717, 1.165) is 16.6 Å². The third-order valence-corrected chi connectivity index (χ3v) is 2.99. The van der Waals surface area contributed by atoms with Crippen LogP contribution >= 0.6 is 0 Å². The number of benzene rings is 1. The number of nitrogens with zero attached hydrogens (tertiary/aromatic N) is 1. The Balaban J connectivity index is 1.88. The van der Waals surface area contributed by atoms with E-state index in [9.17, 15) is 4.79 Å². The van der Waals surface area contributed by atoms with Gasteiger partial charge in [-0.2, -0.15) is 0 Å². The van der Waals surface area contributed by atoms with Crippen molar-refractivity contribution in [2.24, 2.45) is 0 Å². The van der Waals surface area contributed by atoms with Gasteiger partial charge in [0.15, 0.2) is 5.76 Å². The molecule has 0 aliphatic rings. The molecule has 4 heteroatoms. The van der Waals surface area contributed by atoms with Crippen LogP contribution in [0.4, 0.5) is 5.82 Å². The number of aromatic nitrogens is 1. The van der Waals surface area contributed by atoms with Crippen molar-refractivity contribution < 1.29 is 9.21 Å². The number of carbonyl (C=O) groups is 1. The second kappa shape index (κ2) is 4.81. The molecule has 0 aliphatic carbocycles. The molecule has 0 fully saturated rings. The van der Waals surface area contributed by atoms with Crippen LogP contribution in [-0.4, -0.2) is 10.9 Å². The zero-order valence-corrected chi connectivity index (χ0v) is 11.3. The number of pyridine rings is 1. The maximum absolute atomic E-state index is 12.2. The van der Waals surface area contributed by atoms with Gasteiger partial charge < -0.3 is 9.73 Å². The largest absolute Gasteiger partial charge is 0.451 e. The number of anilines is 1. The predicted molar refractivity (Wildman–Crippen MR) is 77.9 cm³/mol.